The van der Waals surface area contributed by atoms with Crippen molar-refractivity contribution in [2.45, 2.75) is 0 Å². The first-order valence-electron chi connectivity index (χ1n) is 3.58. The van der Waals surface area contributed by atoms with E-state index in [-0.39, 0.29) is 0 Å². The Labute approximate surface area is 71.3 Å². The van der Waals surface area contributed by atoms with E-state index >= 15 is 0 Å². The maximum Gasteiger partial charge on any atom is 0.226 e. The van der Waals surface area contributed by atoms with Crippen molar-refractivity contribution in [3.63, 3.8) is 0 Å². The molecule has 4 nitrogen and oxygen atoms in total. The molecule has 0 radical (unpaired) electrons. The summed E-state index contributed by atoms with van der Waals surface area (Å²) in [6, 6.07) is 1.69. The summed E-state index contributed by atoms with van der Waals surface area (Å²) in [6.07, 6.45) is 3.38. The number of rotatable bonds is 4. The molecule has 0 unspecified atom stereocenters. The summed E-state index contributed by atoms with van der Waals surface area (Å²) in [4.78, 5) is 8.01. The average molecular weight is 165 g/mol. The molecule has 1 aromatic heterocycles. The quantitative estimate of drug-likeness (QED) is 0.678. The van der Waals surface area contributed by atoms with Crippen molar-refractivity contribution in [3.05, 3.63) is 24.9 Å². The molecule has 0 atom stereocenters. The first-order valence-corrected chi connectivity index (χ1v) is 3.58. The Morgan fingerprint density at radius 3 is 3.25 bits per heavy atom. The number of nitrogens with one attached hydrogen (secondary N) is 1. The molecule has 0 aliphatic heterocycles. The Morgan fingerprint density at radius 1 is 1.75 bits per heavy atom. The molecule has 0 fully saturated rings. The first-order chi connectivity index (χ1) is 5.86. The van der Waals surface area contributed by atoms with Gasteiger partial charge < -0.3 is 10.1 Å². The number of hydrogen-bond acceptors (Lipinski definition) is 4. The molecule has 0 aromatic carbocycles. The van der Waals surface area contributed by atoms with Gasteiger partial charge in [-0.15, -0.1) is 6.58 Å². The zero-order chi connectivity index (χ0) is 8.81. The zero-order valence-corrected chi connectivity index (χ0v) is 6.95. The lowest BCUT2D eigenvalue weighted by atomic mass is 10.6. The zero-order valence-electron chi connectivity index (χ0n) is 6.95. The second kappa shape index (κ2) is 4.33. The number of ether oxygens (including phenoxy) is 1. The van der Waals surface area contributed by atoms with Crippen LogP contribution >= 0.6 is 0 Å². The summed E-state index contributed by atoms with van der Waals surface area (Å²) >= 11 is 0. The summed E-state index contributed by atoms with van der Waals surface area (Å²) in [6.45, 7) is 4.22. The van der Waals surface area contributed by atoms with Crippen LogP contribution in [-0.2, 0) is 0 Å². The fourth-order valence-electron chi connectivity index (χ4n) is 0.704. The standard InChI is InChI=1S/C8H11N3O/c1-3-5-9-8-10-6-4-7(11-8)12-2/h3-4,6H,1,5H2,2H3,(H,9,10,11). The van der Waals surface area contributed by atoms with E-state index in [2.05, 4.69) is 21.9 Å². The van der Waals surface area contributed by atoms with Gasteiger partial charge in [-0.3, -0.25) is 0 Å². The lowest BCUT2D eigenvalue weighted by Gasteiger charge is -2.02. The van der Waals surface area contributed by atoms with Crippen molar-refractivity contribution in [2.75, 3.05) is 19.0 Å². The van der Waals surface area contributed by atoms with E-state index in [1.54, 1.807) is 25.4 Å². The van der Waals surface area contributed by atoms with Crippen LogP contribution in [0.5, 0.6) is 5.88 Å². The minimum Gasteiger partial charge on any atom is -0.481 e. The molecular weight excluding hydrogens is 154 g/mol. The molecule has 1 rings (SSSR count). The molecule has 0 aliphatic carbocycles. The SMILES string of the molecule is C=CCNc1nccc(OC)n1. The summed E-state index contributed by atoms with van der Waals surface area (Å²) in [7, 11) is 1.57. The first kappa shape index (κ1) is 8.52. The highest BCUT2D eigenvalue weighted by molar-refractivity contribution is 5.27. The Hall–Kier alpha value is -1.58. The van der Waals surface area contributed by atoms with E-state index in [1.165, 1.54) is 0 Å². The highest BCUT2D eigenvalue weighted by Gasteiger charge is 1.95. The van der Waals surface area contributed by atoms with E-state index < -0.39 is 0 Å². The third kappa shape index (κ3) is 2.23. The van der Waals surface area contributed by atoms with Gasteiger partial charge in [0, 0.05) is 18.8 Å². The molecular formula is C8H11N3O. The van der Waals surface area contributed by atoms with E-state index in [1.807, 2.05) is 0 Å². The van der Waals surface area contributed by atoms with Crippen LogP contribution in [-0.4, -0.2) is 23.6 Å². The molecule has 0 aliphatic rings. The normalized spacial score (nSPS) is 9.08. The highest BCUT2D eigenvalue weighted by Crippen LogP contribution is 2.06. The van der Waals surface area contributed by atoms with Gasteiger partial charge >= 0.3 is 0 Å². The van der Waals surface area contributed by atoms with Gasteiger partial charge in [-0.25, -0.2) is 4.98 Å². The lowest BCUT2D eigenvalue weighted by molar-refractivity contribution is 0.397. The van der Waals surface area contributed by atoms with E-state index in [4.69, 9.17) is 4.74 Å². The summed E-state index contributed by atoms with van der Waals surface area (Å²) in [5.74, 6) is 1.10. The largest absolute Gasteiger partial charge is 0.481 e. The summed E-state index contributed by atoms with van der Waals surface area (Å²) < 4.78 is 4.92. The van der Waals surface area contributed by atoms with Gasteiger partial charge in [0.25, 0.3) is 0 Å². The van der Waals surface area contributed by atoms with Gasteiger partial charge in [-0.05, 0) is 0 Å². The fourth-order valence-corrected chi connectivity index (χ4v) is 0.704. The molecule has 64 valence electrons. The van der Waals surface area contributed by atoms with Crippen LogP contribution in [0.1, 0.15) is 0 Å². The van der Waals surface area contributed by atoms with Gasteiger partial charge in [0.2, 0.25) is 11.8 Å². The summed E-state index contributed by atoms with van der Waals surface area (Å²) in [5, 5.41) is 2.95. The fraction of sp³-hybridized carbons (Fsp3) is 0.250. The number of aromatic nitrogens is 2. The molecule has 0 saturated heterocycles. The van der Waals surface area contributed by atoms with Crippen LogP contribution in [0.2, 0.25) is 0 Å². The van der Waals surface area contributed by atoms with Crippen molar-refractivity contribution < 1.29 is 4.74 Å². The van der Waals surface area contributed by atoms with E-state index in [0.717, 1.165) is 0 Å². The lowest BCUT2D eigenvalue weighted by Crippen LogP contribution is -2.02. The number of hydrogen-bond donors (Lipinski definition) is 1. The van der Waals surface area contributed by atoms with E-state index in [9.17, 15) is 0 Å². The van der Waals surface area contributed by atoms with Crippen LogP contribution in [0.15, 0.2) is 24.9 Å². The Balaban J connectivity index is 2.65. The topological polar surface area (TPSA) is 47.0 Å². The van der Waals surface area contributed by atoms with Gasteiger partial charge in [0.1, 0.15) is 0 Å². The molecule has 1 heterocycles. The van der Waals surface area contributed by atoms with Crippen molar-refractivity contribution >= 4 is 5.95 Å². The average Bonchev–Trinajstić information content (AvgIpc) is 2.15. The Bertz CT molecular complexity index is 262. The van der Waals surface area contributed by atoms with Crippen LogP contribution in [0.4, 0.5) is 5.95 Å². The molecule has 0 spiro atoms. The second-order valence-corrected chi connectivity index (χ2v) is 2.09. The van der Waals surface area contributed by atoms with Crippen molar-refractivity contribution in [1.29, 1.82) is 0 Å². The number of anilines is 1. The smallest absolute Gasteiger partial charge is 0.226 e. The minimum atomic E-state index is 0.550. The van der Waals surface area contributed by atoms with Crippen LogP contribution in [0, 0.1) is 0 Å². The second-order valence-electron chi connectivity index (χ2n) is 2.09. The molecule has 0 bridgehead atoms. The van der Waals surface area contributed by atoms with Gasteiger partial charge in [-0.2, -0.15) is 4.98 Å². The Kier molecular flexibility index (Phi) is 3.07. The third-order valence-electron chi connectivity index (χ3n) is 1.24. The summed E-state index contributed by atoms with van der Waals surface area (Å²) in [5.41, 5.74) is 0. The minimum absolute atomic E-state index is 0.550. The van der Waals surface area contributed by atoms with Crippen LogP contribution in [0.25, 0.3) is 0 Å². The molecule has 0 saturated carbocycles. The van der Waals surface area contributed by atoms with Gasteiger partial charge in [0.05, 0.1) is 7.11 Å². The third-order valence-corrected chi connectivity index (χ3v) is 1.24. The maximum absolute atomic E-state index is 4.92. The van der Waals surface area contributed by atoms with E-state index in [0.29, 0.717) is 18.4 Å². The maximum atomic E-state index is 4.92. The molecule has 4 heteroatoms. The molecule has 12 heavy (non-hydrogen) atoms. The molecule has 0 amide bonds. The molecule has 1 N–H and O–H groups in total. The van der Waals surface area contributed by atoms with Crippen LogP contribution < -0.4 is 10.1 Å². The number of methoxy groups -OCH3 is 1. The van der Waals surface area contributed by atoms with Crippen molar-refractivity contribution in [3.8, 4) is 5.88 Å². The Morgan fingerprint density at radius 2 is 2.58 bits per heavy atom. The number of nitrogens with zero attached hydrogens (tertiary/aromatic N) is 2. The van der Waals surface area contributed by atoms with Gasteiger partial charge in [-0.1, -0.05) is 6.08 Å². The van der Waals surface area contributed by atoms with Crippen molar-refractivity contribution in [1.82, 2.24) is 9.97 Å². The predicted molar refractivity (Wildman–Crippen MR) is 47.3 cm³/mol. The van der Waals surface area contributed by atoms with Crippen LogP contribution in [0.3, 0.4) is 0 Å². The van der Waals surface area contributed by atoms with Gasteiger partial charge in [0.15, 0.2) is 0 Å². The predicted octanol–water partition coefficient (Wildman–Crippen LogP) is 1.08. The monoisotopic (exact) mass is 165 g/mol. The van der Waals surface area contributed by atoms with Crippen molar-refractivity contribution in [2.24, 2.45) is 0 Å². The molecule has 1 aromatic rings. The highest BCUT2D eigenvalue weighted by atomic mass is 16.5.